The number of benzene rings is 2. The first-order valence-corrected chi connectivity index (χ1v) is 9.02. The fourth-order valence-electron chi connectivity index (χ4n) is 2.60. The predicted molar refractivity (Wildman–Crippen MR) is 106 cm³/mol. The summed E-state index contributed by atoms with van der Waals surface area (Å²) in [6.45, 7) is 0. The minimum atomic E-state index is -0.383. The van der Waals surface area contributed by atoms with Crippen molar-refractivity contribution >= 4 is 45.8 Å². The third-order valence-electron chi connectivity index (χ3n) is 3.84. The number of rotatable bonds is 4. The molecule has 4 aromatic rings. The molecule has 2 heterocycles. The number of nitrogens with one attached hydrogen (secondary N) is 2. The molecule has 0 atom stereocenters. The Morgan fingerprint density at radius 2 is 2.00 bits per heavy atom. The number of hydrazone groups is 1. The van der Waals surface area contributed by atoms with Gasteiger partial charge >= 0.3 is 0 Å². The zero-order valence-corrected chi connectivity index (χ0v) is 15.0. The molecule has 2 aromatic heterocycles. The molecule has 2 N–H and O–H groups in total. The molecule has 0 aliphatic carbocycles. The lowest BCUT2D eigenvalue weighted by atomic mass is 10.1. The van der Waals surface area contributed by atoms with Crippen LogP contribution < -0.4 is 5.43 Å². The topological polar surface area (TPSA) is 70.1 Å². The zero-order valence-electron chi connectivity index (χ0n) is 13.4. The number of fused-ring (bicyclic) bond motifs is 1. The first-order chi connectivity index (χ1) is 12.7. The van der Waals surface area contributed by atoms with E-state index in [1.807, 2.05) is 48.5 Å². The molecule has 128 valence electrons. The van der Waals surface area contributed by atoms with Crippen LogP contribution in [-0.2, 0) is 0 Å². The van der Waals surface area contributed by atoms with Crippen LogP contribution in [0.4, 0.5) is 0 Å². The summed E-state index contributed by atoms with van der Waals surface area (Å²) in [5.41, 5.74) is 4.44. The first kappa shape index (κ1) is 16.5. The second-order valence-electron chi connectivity index (χ2n) is 5.54. The van der Waals surface area contributed by atoms with Crippen molar-refractivity contribution in [1.29, 1.82) is 0 Å². The second kappa shape index (κ2) is 7.11. The second-order valence-corrected chi connectivity index (χ2v) is 7.25. The highest BCUT2D eigenvalue weighted by molar-refractivity contribution is 7.19. The van der Waals surface area contributed by atoms with Crippen molar-refractivity contribution in [2.75, 3.05) is 0 Å². The highest BCUT2D eigenvalue weighted by Gasteiger charge is 2.12. The summed E-state index contributed by atoms with van der Waals surface area (Å²) in [5.74, 6) is -0.383. The number of carbonyl (C=O) groups excluding carboxylic acids is 1. The van der Waals surface area contributed by atoms with Gasteiger partial charge in [-0.1, -0.05) is 54.1 Å². The predicted octanol–water partition coefficient (Wildman–Crippen LogP) is 4.71. The van der Waals surface area contributed by atoms with Gasteiger partial charge in [0.1, 0.15) is 0 Å². The molecular weight excluding hydrogens is 368 g/mol. The number of carbonyl (C=O) groups is 1. The maximum atomic E-state index is 12.2. The maximum Gasteiger partial charge on any atom is 0.291 e. The molecule has 26 heavy (non-hydrogen) atoms. The number of amides is 1. The van der Waals surface area contributed by atoms with E-state index in [2.05, 4.69) is 20.7 Å². The van der Waals surface area contributed by atoms with Crippen LogP contribution in [-0.4, -0.2) is 22.3 Å². The van der Waals surface area contributed by atoms with Gasteiger partial charge in [0.15, 0.2) is 5.69 Å². The van der Waals surface area contributed by atoms with E-state index in [4.69, 9.17) is 11.6 Å². The van der Waals surface area contributed by atoms with Crippen molar-refractivity contribution in [3.63, 3.8) is 0 Å². The fraction of sp³-hybridized carbons (Fsp3) is 0. The zero-order chi connectivity index (χ0) is 17.9. The van der Waals surface area contributed by atoms with Gasteiger partial charge in [-0.15, -0.1) is 11.3 Å². The Hall–Kier alpha value is -2.96. The molecule has 1 amide bonds. The quantitative estimate of drug-likeness (QED) is 0.397. The van der Waals surface area contributed by atoms with Crippen molar-refractivity contribution < 1.29 is 4.79 Å². The Morgan fingerprint density at radius 1 is 1.15 bits per heavy atom. The molecule has 0 aliphatic heterocycles. The molecule has 4 rings (SSSR count). The van der Waals surface area contributed by atoms with E-state index in [1.54, 1.807) is 18.3 Å². The molecule has 0 spiro atoms. The Labute approximate surface area is 158 Å². The number of nitrogens with zero attached hydrogens (tertiary/aromatic N) is 2. The molecule has 2 aromatic carbocycles. The maximum absolute atomic E-state index is 12.2. The summed E-state index contributed by atoms with van der Waals surface area (Å²) < 4.78 is 0.681. The van der Waals surface area contributed by atoms with Crippen LogP contribution in [0, 0.1) is 0 Å². The Bertz CT molecular complexity index is 1110. The minimum Gasteiger partial charge on any atom is -0.276 e. The summed E-state index contributed by atoms with van der Waals surface area (Å²) >= 11 is 7.35. The van der Waals surface area contributed by atoms with Gasteiger partial charge in [0.05, 0.1) is 21.1 Å². The number of hydrogen-bond donors (Lipinski definition) is 2. The minimum absolute atomic E-state index is 0.264. The van der Waals surface area contributed by atoms with Crippen molar-refractivity contribution in [2.24, 2.45) is 5.10 Å². The van der Waals surface area contributed by atoms with Crippen LogP contribution >= 0.6 is 22.9 Å². The highest BCUT2D eigenvalue weighted by Crippen LogP contribution is 2.29. The SMILES string of the molecule is O=C(NN=Cc1cccc2ccccc12)c1cc(-c2ccc(Cl)s2)[nH]n1. The van der Waals surface area contributed by atoms with E-state index in [9.17, 15) is 4.79 Å². The highest BCUT2D eigenvalue weighted by atomic mass is 35.5. The molecule has 0 aliphatic rings. The van der Waals surface area contributed by atoms with Crippen molar-refractivity contribution in [1.82, 2.24) is 15.6 Å². The Morgan fingerprint density at radius 3 is 2.85 bits per heavy atom. The molecular formula is C19H13ClN4OS. The number of thiophene rings is 1. The third kappa shape index (κ3) is 3.37. The first-order valence-electron chi connectivity index (χ1n) is 7.83. The average molecular weight is 381 g/mol. The van der Waals surface area contributed by atoms with Gasteiger partial charge in [0, 0.05) is 5.56 Å². The Balaban J connectivity index is 1.48. The van der Waals surface area contributed by atoms with Crippen molar-refractivity contribution in [2.45, 2.75) is 0 Å². The van der Waals surface area contributed by atoms with E-state index in [0.717, 1.165) is 26.9 Å². The summed E-state index contributed by atoms with van der Waals surface area (Å²) in [6, 6.07) is 19.3. The molecule has 7 heteroatoms. The Kier molecular flexibility index (Phi) is 4.51. The average Bonchev–Trinajstić information content (AvgIpc) is 3.31. The van der Waals surface area contributed by atoms with Crippen LogP contribution in [0.2, 0.25) is 4.34 Å². The van der Waals surface area contributed by atoms with Gasteiger partial charge in [-0.05, 0) is 29.0 Å². The van der Waals surface area contributed by atoms with Crippen LogP contribution in [0.5, 0.6) is 0 Å². The van der Waals surface area contributed by atoms with Crippen LogP contribution in [0.3, 0.4) is 0 Å². The van der Waals surface area contributed by atoms with Crippen LogP contribution in [0.25, 0.3) is 21.3 Å². The number of H-pyrrole nitrogens is 1. The molecule has 0 radical (unpaired) electrons. The number of aromatic amines is 1. The third-order valence-corrected chi connectivity index (χ3v) is 5.11. The van der Waals surface area contributed by atoms with Crippen molar-refractivity contribution in [3.05, 3.63) is 76.3 Å². The number of halogens is 1. The van der Waals surface area contributed by atoms with Gasteiger partial charge in [-0.25, -0.2) is 5.43 Å². The summed E-state index contributed by atoms with van der Waals surface area (Å²) in [6.07, 6.45) is 1.63. The lowest BCUT2D eigenvalue weighted by Crippen LogP contribution is -2.18. The van der Waals surface area contributed by atoms with Crippen LogP contribution in [0.1, 0.15) is 16.1 Å². The van der Waals surface area contributed by atoms with Gasteiger partial charge in [-0.2, -0.15) is 10.2 Å². The van der Waals surface area contributed by atoms with Gasteiger partial charge in [0.25, 0.3) is 5.91 Å². The van der Waals surface area contributed by atoms with Gasteiger partial charge < -0.3 is 0 Å². The monoisotopic (exact) mass is 380 g/mol. The normalized spacial score (nSPS) is 11.3. The molecule has 0 unspecified atom stereocenters. The molecule has 0 fully saturated rings. The fourth-order valence-corrected chi connectivity index (χ4v) is 3.61. The lowest BCUT2D eigenvalue weighted by Gasteiger charge is -2.01. The molecule has 0 saturated carbocycles. The molecule has 0 saturated heterocycles. The van der Waals surface area contributed by atoms with E-state index >= 15 is 0 Å². The standard InChI is InChI=1S/C19H13ClN4OS/c20-18-9-8-17(26-18)15-10-16(23-22-15)19(25)24-21-11-13-6-3-5-12-4-1-2-7-14(12)13/h1-11H,(H,22,23)(H,24,25). The van der Waals surface area contributed by atoms with Gasteiger partial charge in [-0.3, -0.25) is 9.89 Å². The summed E-state index contributed by atoms with van der Waals surface area (Å²) in [7, 11) is 0. The lowest BCUT2D eigenvalue weighted by molar-refractivity contribution is 0.0950. The summed E-state index contributed by atoms with van der Waals surface area (Å²) in [4.78, 5) is 13.1. The largest absolute Gasteiger partial charge is 0.291 e. The number of aromatic nitrogens is 2. The summed E-state index contributed by atoms with van der Waals surface area (Å²) in [5, 5.41) is 13.1. The van der Waals surface area contributed by atoms with Gasteiger partial charge in [0.2, 0.25) is 0 Å². The van der Waals surface area contributed by atoms with E-state index in [-0.39, 0.29) is 11.6 Å². The number of hydrogen-bond acceptors (Lipinski definition) is 4. The molecule has 5 nitrogen and oxygen atoms in total. The smallest absolute Gasteiger partial charge is 0.276 e. The van der Waals surface area contributed by atoms with E-state index in [0.29, 0.717) is 4.34 Å². The van der Waals surface area contributed by atoms with E-state index < -0.39 is 0 Å². The molecule has 0 bridgehead atoms. The van der Waals surface area contributed by atoms with Crippen molar-refractivity contribution in [3.8, 4) is 10.6 Å². The van der Waals surface area contributed by atoms with E-state index in [1.165, 1.54) is 11.3 Å². The van der Waals surface area contributed by atoms with Crippen LogP contribution in [0.15, 0.2) is 65.8 Å².